The number of thioether (sulfide) groups is 1. The molecule has 0 aliphatic carbocycles. The van der Waals surface area contributed by atoms with Gasteiger partial charge < -0.3 is 19.7 Å². The second-order valence-corrected chi connectivity index (χ2v) is 7.59. The zero-order valence-corrected chi connectivity index (χ0v) is 17.4. The Morgan fingerprint density at radius 1 is 1.20 bits per heavy atom. The highest BCUT2D eigenvalue weighted by Gasteiger charge is 2.16. The fraction of sp³-hybridized carbons (Fsp3) is 0.286. The number of nitrogens with zero attached hydrogens (tertiary/aromatic N) is 3. The number of para-hydroxylation sites is 2. The highest BCUT2D eigenvalue weighted by Crippen LogP contribution is 2.27. The van der Waals surface area contributed by atoms with Crippen LogP contribution < -0.4 is 15.0 Å². The molecule has 156 valence electrons. The third kappa shape index (κ3) is 4.92. The topological polar surface area (TPSA) is 92.4 Å². The van der Waals surface area contributed by atoms with Crippen molar-refractivity contribution in [3.8, 4) is 17.1 Å². The van der Waals surface area contributed by atoms with Gasteiger partial charge in [0.25, 0.3) is 0 Å². The molecule has 4 rings (SSSR count). The predicted molar refractivity (Wildman–Crippen MR) is 117 cm³/mol. The summed E-state index contributed by atoms with van der Waals surface area (Å²) in [5, 5.41) is 10.6. The first kappa shape index (κ1) is 20.2. The number of H-pyrrole nitrogens is 1. The van der Waals surface area contributed by atoms with Gasteiger partial charge >= 0.3 is 0 Å². The van der Waals surface area contributed by atoms with Crippen LogP contribution in [0.3, 0.4) is 0 Å². The number of ether oxygens (including phenoxy) is 2. The molecular weight excluding hydrogens is 402 g/mol. The van der Waals surface area contributed by atoms with Crippen LogP contribution in [0.25, 0.3) is 11.4 Å². The van der Waals surface area contributed by atoms with Crippen molar-refractivity contribution in [2.45, 2.75) is 5.16 Å². The second-order valence-electron chi connectivity index (χ2n) is 6.65. The predicted octanol–water partition coefficient (Wildman–Crippen LogP) is 3.05. The number of hydrogen-bond donors (Lipinski definition) is 2. The summed E-state index contributed by atoms with van der Waals surface area (Å²) in [6.07, 6.45) is 0. The number of aromatic nitrogens is 3. The minimum atomic E-state index is -0.100. The van der Waals surface area contributed by atoms with E-state index in [2.05, 4.69) is 25.4 Å². The van der Waals surface area contributed by atoms with E-state index < -0.39 is 0 Å². The van der Waals surface area contributed by atoms with E-state index >= 15 is 0 Å². The average molecular weight is 426 g/mol. The van der Waals surface area contributed by atoms with Gasteiger partial charge in [-0.05, 0) is 36.4 Å². The number of morpholine rings is 1. The van der Waals surface area contributed by atoms with Crippen LogP contribution in [0.15, 0.2) is 53.7 Å². The normalized spacial score (nSPS) is 13.8. The maximum Gasteiger partial charge on any atom is 0.234 e. The van der Waals surface area contributed by atoms with Crippen molar-refractivity contribution in [1.29, 1.82) is 0 Å². The third-order valence-electron chi connectivity index (χ3n) is 4.69. The molecule has 1 aliphatic heterocycles. The maximum atomic E-state index is 12.5. The van der Waals surface area contributed by atoms with Gasteiger partial charge in [-0.2, -0.15) is 0 Å². The summed E-state index contributed by atoms with van der Waals surface area (Å²) in [6.45, 7) is 3.01. The lowest BCUT2D eigenvalue weighted by atomic mass is 10.2. The fourth-order valence-corrected chi connectivity index (χ4v) is 3.76. The molecule has 0 spiro atoms. The van der Waals surface area contributed by atoms with Crippen molar-refractivity contribution in [3.05, 3.63) is 48.5 Å². The van der Waals surface area contributed by atoms with Crippen LogP contribution in [-0.2, 0) is 9.53 Å². The molecule has 0 unspecified atom stereocenters. The van der Waals surface area contributed by atoms with Gasteiger partial charge in [-0.25, -0.2) is 4.98 Å². The van der Waals surface area contributed by atoms with Crippen LogP contribution in [0, 0.1) is 0 Å². The van der Waals surface area contributed by atoms with Crippen LogP contribution in [0.2, 0.25) is 0 Å². The molecule has 2 N–H and O–H groups in total. The molecule has 8 nitrogen and oxygen atoms in total. The van der Waals surface area contributed by atoms with Crippen molar-refractivity contribution in [1.82, 2.24) is 15.2 Å². The standard InChI is InChI=1S/C21H23N5O3S/c1-28-16-8-6-15(7-9-16)20-23-21(25-24-20)30-14-19(27)22-17-4-2-3-5-18(17)26-10-12-29-13-11-26/h2-9H,10-14H2,1H3,(H,22,27)(H,23,24,25). The van der Waals surface area contributed by atoms with Crippen LogP contribution in [0.1, 0.15) is 0 Å². The molecule has 2 aromatic carbocycles. The quantitative estimate of drug-likeness (QED) is 0.562. The van der Waals surface area contributed by atoms with Crippen LogP contribution >= 0.6 is 11.8 Å². The van der Waals surface area contributed by atoms with E-state index in [0.29, 0.717) is 24.2 Å². The fourth-order valence-electron chi connectivity index (χ4n) is 3.16. The second kappa shape index (κ2) is 9.64. The number of carbonyl (C=O) groups excluding carboxylic acids is 1. The monoisotopic (exact) mass is 425 g/mol. The van der Waals surface area contributed by atoms with E-state index in [9.17, 15) is 4.79 Å². The Hall–Kier alpha value is -3.04. The van der Waals surface area contributed by atoms with Gasteiger partial charge in [0.2, 0.25) is 11.1 Å². The number of rotatable bonds is 7. The summed E-state index contributed by atoms with van der Waals surface area (Å²) in [5.41, 5.74) is 2.72. The summed E-state index contributed by atoms with van der Waals surface area (Å²) in [5.74, 6) is 1.55. The smallest absolute Gasteiger partial charge is 0.234 e. The highest BCUT2D eigenvalue weighted by atomic mass is 32.2. The van der Waals surface area contributed by atoms with E-state index in [1.54, 1.807) is 7.11 Å². The third-order valence-corrected chi connectivity index (χ3v) is 5.54. The molecule has 2 heterocycles. The largest absolute Gasteiger partial charge is 0.497 e. The van der Waals surface area contributed by atoms with E-state index in [4.69, 9.17) is 9.47 Å². The first-order valence-electron chi connectivity index (χ1n) is 9.64. The summed E-state index contributed by atoms with van der Waals surface area (Å²) in [6, 6.07) is 15.4. The zero-order chi connectivity index (χ0) is 20.8. The van der Waals surface area contributed by atoms with Gasteiger partial charge in [0.1, 0.15) is 5.75 Å². The average Bonchev–Trinajstić information content (AvgIpc) is 3.28. The molecule has 1 saturated heterocycles. The number of methoxy groups -OCH3 is 1. The SMILES string of the molecule is COc1ccc(-c2nc(SCC(=O)Nc3ccccc3N3CCOCC3)n[nH]2)cc1. The van der Waals surface area contributed by atoms with Crippen molar-refractivity contribution in [2.24, 2.45) is 0 Å². The minimum Gasteiger partial charge on any atom is -0.497 e. The summed E-state index contributed by atoms with van der Waals surface area (Å²) in [7, 11) is 1.63. The number of benzene rings is 2. The molecule has 1 amide bonds. The lowest BCUT2D eigenvalue weighted by Gasteiger charge is -2.30. The Bertz CT molecular complexity index is 986. The molecule has 1 aliphatic rings. The zero-order valence-electron chi connectivity index (χ0n) is 16.6. The molecule has 3 aromatic rings. The van der Waals surface area contributed by atoms with E-state index in [1.165, 1.54) is 11.8 Å². The minimum absolute atomic E-state index is 0.100. The number of anilines is 2. The highest BCUT2D eigenvalue weighted by molar-refractivity contribution is 7.99. The Kier molecular flexibility index (Phi) is 6.50. The van der Waals surface area contributed by atoms with Crippen LogP contribution in [0.4, 0.5) is 11.4 Å². The van der Waals surface area contributed by atoms with E-state index in [-0.39, 0.29) is 11.7 Å². The number of hydrogen-bond acceptors (Lipinski definition) is 7. The van der Waals surface area contributed by atoms with Gasteiger partial charge in [0, 0.05) is 18.7 Å². The van der Waals surface area contributed by atoms with Gasteiger partial charge in [0.05, 0.1) is 37.5 Å². The molecule has 0 bridgehead atoms. The van der Waals surface area contributed by atoms with Crippen LogP contribution in [-0.4, -0.2) is 60.3 Å². The number of carbonyl (C=O) groups is 1. The summed E-state index contributed by atoms with van der Waals surface area (Å²) in [4.78, 5) is 19.2. The van der Waals surface area contributed by atoms with Crippen molar-refractivity contribution < 1.29 is 14.3 Å². The van der Waals surface area contributed by atoms with E-state index in [1.807, 2.05) is 48.5 Å². The Labute approximate surface area is 179 Å². The molecular formula is C21H23N5O3S. The van der Waals surface area contributed by atoms with Crippen LogP contribution in [0.5, 0.6) is 5.75 Å². The van der Waals surface area contributed by atoms with Crippen molar-refractivity contribution in [3.63, 3.8) is 0 Å². The van der Waals surface area contributed by atoms with Gasteiger partial charge in [0.15, 0.2) is 5.82 Å². The molecule has 9 heteroatoms. The molecule has 0 atom stereocenters. The summed E-state index contributed by atoms with van der Waals surface area (Å²) >= 11 is 1.29. The molecule has 0 radical (unpaired) electrons. The Morgan fingerprint density at radius 3 is 2.73 bits per heavy atom. The first-order chi connectivity index (χ1) is 14.7. The molecule has 30 heavy (non-hydrogen) atoms. The molecule has 1 fully saturated rings. The van der Waals surface area contributed by atoms with Crippen molar-refractivity contribution in [2.75, 3.05) is 49.4 Å². The van der Waals surface area contributed by atoms with Crippen molar-refractivity contribution >= 4 is 29.0 Å². The Balaban J connectivity index is 1.35. The summed E-state index contributed by atoms with van der Waals surface area (Å²) < 4.78 is 10.6. The van der Waals surface area contributed by atoms with Gasteiger partial charge in [-0.15, -0.1) is 5.10 Å². The van der Waals surface area contributed by atoms with E-state index in [0.717, 1.165) is 35.8 Å². The first-order valence-corrected chi connectivity index (χ1v) is 10.6. The maximum absolute atomic E-state index is 12.5. The number of aromatic amines is 1. The Morgan fingerprint density at radius 2 is 1.97 bits per heavy atom. The molecule has 0 saturated carbocycles. The van der Waals surface area contributed by atoms with Gasteiger partial charge in [-0.1, -0.05) is 23.9 Å². The van der Waals surface area contributed by atoms with Gasteiger partial charge in [-0.3, -0.25) is 9.89 Å². The lowest BCUT2D eigenvalue weighted by Crippen LogP contribution is -2.36. The lowest BCUT2D eigenvalue weighted by molar-refractivity contribution is -0.113. The molecule has 1 aromatic heterocycles. The number of amides is 1. The number of nitrogens with one attached hydrogen (secondary N) is 2.